The van der Waals surface area contributed by atoms with E-state index < -0.39 is 9.85 Å². The fourth-order valence-electron chi connectivity index (χ4n) is 10.0. The smallest absolute Gasteiger partial charge is 0.269 e. The summed E-state index contributed by atoms with van der Waals surface area (Å²) < 4.78 is 0. The molecule has 0 aromatic heterocycles. The molecule has 0 spiro atoms. The zero-order valence-corrected chi connectivity index (χ0v) is 50.0. The van der Waals surface area contributed by atoms with Crippen molar-refractivity contribution in [3.63, 3.8) is 0 Å². The van der Waals surface area contributed by atoms with Gasteiger partial charge in [0.15, 0.2) is 0 Å². The molecule has 0 bridgehead atoms. The topological polar surface area (TPSA) is 203 Å². The van der Waals surface area contributed by atoms with Crippen molar-refractivity contribution in [2.45, 2.75) is 51.9 Å². The van der Waals surface area contributed by atoms with Gasteiger partial charge in [0.25, 0.3) is 35.0 Å². The number of fused-ring (bicyclic) bond motifs is 4. The van der Waals surface area contributed by atoms with Crippen molar-refractivity contribution < 1.29 is 29.0 Å². The van der Waals surface area contributed by atoms with E-state index >= 15 is 0 Å². The van der Waals surface area contributed by atoms with E-state index in [0.29, 0.717) is 22.3 Å². The van der Waals surface area contributed by atoms with Gasteiger partial charge in [-0.3, -0.25) is 39.4 Å². The van der Waals surface area contributed by atoms with Crippen LogP contribution in [0.2, 0.25) is 0 Å². The Labute approximate surface area is 521 Å². The second-order valence-corrected chi connectivity index (χ2v) is 21.5. The SMILES string of the molecule is C[C@@H](NC(=O)c1ccccc1)c1ccc2ccccc2c1.C[C@@H](NC(=O)c1ccccc1)c1ccc2ccccc2c1.C[C@H](NC(=O)c1ccc([N+](=O)[O-])cc1)c1ccc2ccccc2c1.C[C@H](NC(=O)c1ccc([N+](=O)[O-])cc1)c1ccc2ccccc2c1. The van der Waals surface area contributed by atoms with Gasteiger partial charge in [-0.15, -0.1) is 0 Å². The molecule has 90 heavy (non-hydrogen) atoms. The molecule has 0 unspecified atom stereocenters. The number of rotatable bonds is 14. The monoisotopic (exact) mass is 1190 g/mol. The summed E-state index contributed by atoms with van der Waals surface area (Å²) in [4.78, 5) is 69.3. The van der Waals surface area contributed by atoms with Crippen LogP contribution in [0.15, 0.2) is 279 Å². The highest BCUT2D eigenvalue weighted by Gasteiger charge is 2.17. The summed E-state index contributed by atoms with van der Waals surface area (Å²) in [6.45, 7) is 7.83. The van der Waals surface area contributed by atoms with Crippen LogP contribution in [0.5, 0.6) is 0 Å². The van der Waals surface area contributed by atoms with Crippen LogP contribution >= 0.6 is 0 Å². The number of nitrogens with zero attached hydrogens (tertiary/aromatic N) is 2. The van der Waals surface area contributed by atoms with Crippen LogP contribution in [0.25, 0.3) is 43.1 Å². The lowest BCUT2D eigenvalue weighted by Crippen LogP contribution is -2.26. The Morgan fingerprint density at radius 2 is 0.467 bits per heavy atom. The third kappa shape index (κ3) is 16.9. The quantitative estimate of drug-likeness (QED) is 0.0608. The Balaban J connectivity index is 0.000000143. The number of carbonyl (C=O) groups is 4. The number of benzene rings is 12. The molecule has 448 valence electrons. The Kier molecular flexibility index (Phi) is 21.0. The molecule has 0 heterocycles. The minimum atomic E-state index is -0.487. The molecular formula is C76H66N6O8. The zero-order chi connectivity index (χ0) is 63.5. The molecule has 0 aliphatic heterocycles. The first-order valence-corrected chi connectivity index (χ1v) is 29.3. The van der Waals surface area contributed by atoms with E-state index in [1.54, 1.807) is 0 Å². The molecule has 12 rings (SSSR count). The molecule has 0 saturated heterocycles. The van der Waals surface area contributed by atoms with E-state index in [0.717, 1.165) is 43.8 Å². The maximum atomic E-state index is 12.3. The molecular weight excluding hydrogens is 1120 g/mol. The number of carbonyl (C=O) groups excluding carboxylic acids is 4. The van der Waals surface area contributed by atoms with E-state index in [9.17, 15) is 39.4 Å². The lowest BCUT2D eigenvalue weighted by Gasteiger charge is -2.15. The van der Waals surface area contributed by atoms with Crippen molar-refractivity contribution in [3.05, 3.63) is 344 Å². The first-order chi connectivity index (χ1) is 43.6. The Morgan fingerprint density at radius 1 is 0.267 bits per heavy atom. The minimum absolute atomic E-state index is 0.0256. The van der Waals surface area contributed by atoms with Gasteiger partial charge in [0.1, 0.15) is 0 Å². The molecule has 0 saturated carbocycles. The number of nitro groups is 2. The first-order valence-electron chi connectivity index (χ1n) is 29.3. The second kappa shape index (κ2) is 30.1. The molecule has 0 aliphatic rings. The van der Waals surface area contributed by atoms with Crippen LogP contribution in [0.3, 0.4) is 0 Å². The molecule has 0 radical (unpaired) electrons. The average Bonchev–Trinajstić information content (AvgIpc) is 2.02. The predicted molar refractivity (Wildman–Crippen MR) is 358 cm³/mol. The van der Waals surface area contributed by atoms with Gasteiger partial charge in [-0.2, -0.15) is 0 Å². The van der Waals surface area contributed by atoms with Gasteiger partial charge in [0.2, 0.25) is 0 Å². The van der Waals surface area contributed by atoms with Crippen molar-refractivity contribution in [1.29, 1.82) is 0 Å². The van der Waals surface area contributed by atoms with Crippen LogP contribution in [0.1, 0.15) is 116 Å². The van der Waals surface area contributed by atoms with E-state index in [1.807, 2.05) is 185 Å². The van der Waals surface area contributed by atoms with Gasteiger partial charge >= 0.3 is 0 Å². The molecule has 4 N–H and O–H groups in total. The van der Waals surface area contributed by atoms with Gasteiger partial charge in [0, 0.05) is 46.5 Å². The van der Waals surface area contributed by atoms with E-state index in [-0.39, 0.29) is 59.2 Å². The van der Waals surface area contributed by atoms with E-state index in [2.05, 4.69) is 94.1 Å². The van der Waals surface area contributed by atoms with Crippen LogP contribution in [-0.2, 0) is 0 Å². The first kappa shape index (κ1) is 62.9. The van der Waals surface area contributed by atoms with E-state index in [1.165, 1.54) is 70.1 Å². The standard InChI is InChI=1S/2C19H16N2O3.2C19H17NO/c2*1-13(16-7-6-14-4-2-3-5-17(14)12-16)20-19(22)15-8-10-18(11-9-15)21(23)24;2*1-14(20-19(21)16-8-3-2-4-9-16)17-12-11-15-7-5-6-10-18(15)13-17/h2*2-13H,1H3,(H,20,22);2*2-14H,1H3,(H,20,21)/t2*13-;2*14-/m0011/s1. The maximum absolute atomic E-state index is 12.3. The highest BCUT2D eigenvalue weighted by Crippen LogP contribution is 2.26. The predicted octanol–water partition coefficient (Wildman–Crippen LogP) is 17.1. The average molecular weight is 1190 g/mol. The highest BCUT2D eigenvalue weighted by molar-refractivity contribution is 5.97. The number of amides is 4. The van der Waals surface area contributed by atoms with Crippen molar-refractivity contribution in [3.8, 4) is 0 Å². The van der Waals surface area contributed by atoms with Crippen LogP contribution < -0.4 is 21.3 Å². The molecule has 14 nitrogen and oxygen atoms in total. The summed E-state index contributed by atoms with van der Waals surface area (Å²) in [5.41, 5.74) is 6.32. The number of non-ortho nitro benzene ring substituents is 2. The number of nitro benzene ring substituents is 2. The summed E-state index contributed by atoms with van der Waals surface area (Å²) in [7, 11) is 0. The van der Waals surface area contributed by atoms with Gasteiger partial charge < -0.3 is 21.3 Å². The summed E-state index contributed by atoms with van der Waals surface area (Å²) in [5.74, 6) is -0.608. The largest absolute Gasteiger partial charge is 0.346 e. The third-order valence-corrected chi connectivity index (χ3v) is 15.2. The fraction of sp³-hybridized carbons (Fsp3) is 0.105. The Hall–Kier alpha value is -11.6. The Bertz CT molecular complexity index is 4200. The number of nitrogens with one attached hydrogen (secondary N) is 4. The molecule has 0 fully saturated rings. The molecule has 0 aliphatic carbocycles. The van der Waals surface area contributed by atoms with Crippen LogP contribution in [0.4, 0.5) is 11.4 Å². The molecule has 4 amide bonds. The van der Waals surface area contributed by atoms with Gasteiger partial charge in [-0.05, 0) is 166 Å². The molecule has 14 heteroatoms. The molecule has 12 aromatic carbocycles. The van der Waals surface area contributed by atoms with Gasteiger partial charge in [-0.1, -0.05) is 182 Å². The summed E-state index contributed by atoms with van der Waals surface area (Å²) in [6.07, 6.45) is 0. The minimum Gasteiger partial charge on any atom is -0.346 e. The number of hydrogen-bond donors (Lipinski definition) is 4. The summed E-state index contributed by atoms with van der Waals surface area (Å²) in [5, 5.41) is 42.6. The van der Waals surface area contributed by atoms with Crippen LogP contribution in [-0.4, -0.2) is 33.5 Å². The summed E-state index contributed by atoms with van der Waals surface area (Å²) >= 11 is 0. The van der Waals surface area contributed by atoms with Gasteiger partial charge in [0.05, 0.1) is 34.0 Å². The summed E-state index contributed by atoms with van der Waals surface area (Å²) in [6, 6.07) is 86.6. The maximum Gasteiger partial charge on any atom is 0.269 e. The highest BCUT2D eigenvalue weighted by atomic mass is 16.6. The van der Waals surface area contributed by atoms with Crippen molar-refractivity contribution in [1.82, 2.24) is 21.3 Å². The van der Waals surface area contributed by atoms with Crippen molar-refractivity contribution >= 4 is 78.1 Å². The Morgan fingerprint density at radius 3 is 0.689 bits per heavy atom. The molecule has 12 aromatic rings. The van der Waals surface area contributed by atoms with E-state index in [4.69, 9.17) is 0 Å². The fourth-order valence-corrected chi connectivity index (χ4v) is 10.0. The van der Waals surface area contributed by atoms with Crippen molar-refractivity contribution in [2.24, 2.45) is 0 Å². The van der Waals surface area contributed by atoms with Crippen molar-refractivity contribution in [2.75, 3.05) is 0 Å². The zero-order valence-electron chi connectivity index (χ0n) is 50.0. The van der Waals surface area contributed by atoms with Crippen LogP contribution in [0, 0.1) is 20.2 Å². The second-order valence-electron chi connectivity index (χ2n) is 21.5. The number of hydrogen-bond acceptors (Lipinski definition) is 8. The van der Waals surface area contributed by atoms with Gasteiger partial charge in [-0.25, -0.2) is 0 Å². The molecule has 4 atom stereocenters. The lowest BCUT2D eigenvalue weighted by molar-refractivity contribution is -0.385. The lowest BCUT2D eigenvalue weighted by atomic mass is 10.0. The normalized spacial score (nSPS) is 12.0. The third-order valence-electron chi connectivity index (χ3n) is 15.2.